The summed E-state index contributed by atoms with van der Waals surface area (Å²) in [6.45, 7) is 0. The Kier molecular flexibility index (Phi) is 2.84. The quantitative estimate of drug-likeness (QED) is 0.549. The summed E-state index contributed by atoms with van der Waals surface area (Å²) in [4.78, 5) is 11.1. The van der Waals surface area contributed by atoms with E-state index in [1.807, 2.05) is 36.4 Å². The highest BCUT2D eigenvalue weighted by Crippen LogP contribution is 2.33. The molecule has 0 atom stereocenters. The van der Waals surface area contributed by atoms with Crippen LogP contribution in [-0.4, -0.2) is 15.6 Å². The average molecular weight is 302 g/mol. The number of aromatic nitrogens is 1. The molecular weight excluding hydrogens is 288 g/mol. The monoisotopic (exact) mass is 302 g/mol. The van der Waals surface area contributed by atoms with Crippen LogP contribution < -0.4 is 5.73 Å². The standard InChI is InChI=1S/C19H14N2O2/c20-15-11-12(19(22)23)9-10-18(15)21-16-7-3-1-5-13(16)14-6-2-4-8-17(14)21/h1-11H,20H2,(H,22,23). The summed E-state index contributed by atoms with van der Waals surface area (Å²) in [6, 6.07) is 21.1. The second kappa shape index (κ2) is 4.88. The topological polar surface area (TPSA) is 68.2 Å². The minimum atomic E-state index is -0.981. The third-order valence-electron chi connectivity index (χ3n) is 4.10. The van der Waals surface area contributed by atoms with Gasteiger partial charge < -0.3 is 15.4 Å². The van der Waals surface area contributed by atoms with Crippen LogP contribution in [-0.2, 0) is 0 Å². The zero-order chi connectivity index (χ0) is 16.0. The van der Waals surface area contributed by atoms with Crippen LogP contribution >= 0.6 is 0 Å². The number of para-hydroxylation sites is 2. The number of aromatic carboxylic acids is 1. The number of benzene rings is 3. The number of nitrogen functional groups attached to an aromatic ring is 1. The van der Waals surface area contributed by atoms with Crippen molar-refractivity contribution in [1.82, 2.24) is 4.57 Å². The lowest BCUT2D eigenvalue weighted by Crippen LogP contribution is -2.03. The van der Waals surface area contributed by atoms with Gasteiger partial charge in [0.15, 0.2) is 0 Å². The number of nitrogens with two attached hydrogens (primary N) is 1. The van der Waals surface area contributed by atoms with Crippen LogP contribution in [0.1, 0.15) is 10.4 Å². The third-order valence-corrected chi connectivity index (χ3v) is 4.10. The van der Waals surface area contributed by atoms with Crippen molar-refractivity contribution >= 4 is 33.5 Å². The van der Waals surface area contributed by atoms with Gasteiger partial charge in [-0.15, -0.1) is 0 Å². The molecule has 112 valence electrons. The molecule has 3 N–H and O–H groups in total. The highest BCUT2D eigenvalue weighted by Gasteiger charge is 2.14. The molecule has 4 nitrogen and oxygen atoms in total. The molecular formula is C19H14N2O2. The fourth-order valence-corrected chi connectivity index (χ4v) is 3.07. The summed E-state index contributed by atoms with van der Waals surface area (Å²) >= 11 is 0. The molecule has 1 aromatic heterocycles. The number of carboxylic acids is 1. The molecule has 3 aromatic carbocycles. The van der Waals surface area contributed by atoms with Gasteiger partial charge in [0.05, 0.1) is 28.0 Å². The maximum absolute atomic E-state index is 11.1. The number of hydrogen-bond acceptors (Lipinski definition) is 2. The maximum atomic E-state index is 11.1. The zero-order valence-electron chi connectivity index (χ0n) is 12.2. The van der Waals surface area contributed by atoms with Crippen LogP contribution in [0.3, 0.4) is 0 Å². The Morgan fingerprint density at radius 2 is 1.43 bits per heavy atom. The highest BCUT2D eigenvalue weighted by atomic mass is 16.4. The molecule has 1 heterocycles. The second-order valence-electron chi connectivity index (χ2n) is 5.45. The molecule has 4 rings (SSSR count). The molecule has 0 fully saturated rings. The number of carbonyl (C=O) groups is 1. The van der Waals surface area contributed by atoms with Crippen LogP contribution in [0, 0.1) is 0 Å². The smallest absolute Gasteiger partial charge is 0.335 e. The first-order valence-corrected chi connectivity index (χ1v) is 7.28. The summed E-state index contributed by atoms with van der Waals surface area (Å²) in [5, 5.41) is 11.4. The maximum Gasteiger partial charge on any atom is 0.335 e. The normalized spacial score (nSPS) is 11.1. The van der Waals surface area contributed by atoms with Gasteiger partial charge in [-0.25, -0.2) is 4.79 Å². The minimum absolute atomic E-state index is 0.187. The van der Waals surface area contributed by atoms with E-state index >= 15 is 0 Å². The SMILES string of the molecule is Nc1cc(C(=O)O)ccc1-n1c2ccccc2c2ccccc21. The molecule has 0 amide bonds. The van der Waals surface area contributed by atoms with E-state index in [2.05, 4.69) is 16.7 Å². The fourth-order valence-electron chi connectivity index (χ4n) is 3.07. The zero-order valence-corrected chi connectivity index (χ0v) is 12.2. The molecule has 0 bridgehead atoms. The Morgan fingerprint density at radius 3 is 1.96 bits per heavy atom. The Hall–Kier alpha value is -3.27. The molecule has 0 aliphatic rings. The largest absolute Gasteiger partial charge is 0.478 e. The van der Waals surface area contributed by atoms with Gasteiger partial charge >= 0.3 is 5.97 Å². The third kappa shape index (κ3) is 1.96. The molecule has 0 saturated carbocycles. The van der Waals surface area contributed by atoms with Gasteiger partial charge in [-0.1, -0.05) is 36.4 Å². The van der Waals surface area contributed by atoms with Crippen molar-refractivity contribution in [3.05, 3.63) is 72.3 Å². The van der Waals surface area contributed by atoms with E-state index < -0.39 is 5.97 Å². The number of anilines is 1. The van der Waals surface area contributed by atoms with Crippen LogP contribution in [0.5, 0.6) is 0 Å². The molecule has 0 aliphatic heterocycles. The predicted molar refractivity (Wildman–Crippen MR) is 92.2 cm³/mol. The van der Waals surface area contributed by atoms with Gasteiger partial charge in [0, 0.05) is 10.8 Å². The van der Waals surface area contributed by atoms with Crippen LogP contribution in [0.25, 0.3) is 27.5 Å². The number of hydrogen-bond donors (Lipinski definition) is 2. The van der Waals surface area contributed by atoms with Crippen molar-refractivity contribution in [2.75, 3.05) is 5.73 Å². The van der Waals surface area contributed by atoms with Gasteiger partial charge in [0.25, 0.3) is 0 Å². The lowest BCUT2D eigenvalue weighted by Gasteiger charge is -2.11. The van der Waals surface area contributed by atoms with Gasteiger partial charge in [0.1, 0.15) is 0 Å². The summed E-state index contributed by atoms with van der Waals surface area (Å²) in [6.07, 6.45) is 0. The van der Waals surface area contributed by atoms with E-state index in [-0.39, 0.29) is 5.56 Å². The van der Waals surface area contributed by atoms with E-state index in [1.54, 1.807) is 12.1 Å². The first kappa shape index (κ1) is 13.4. The van der Waals surface area contributed by atoms with Crippen molar-refractivity contribution in [2.45, 2.75) is 0 Å². The average Bonchev–Trinajstić information content (AvgIpc) is 2.89. The van der Waals surface area contributed by atoms with E-state index in [0.717, 1.165) is 27.5 Å². The molecule has 0 aliphatic carbocycles. The van der Waals surface area contributed by atoms with Crippen molar-refractivity contribution in [3.63, 3.8) is 0 Å². The number of rotatable bonds is 2. The van der Waals surface area contributed by atoms with Crippen LogP contribution in [0.4, 0.5) is 5.69 Å². The number of carboxylic acid groups (broad SMARTS) is 1. The van der Waals surface area contributed by atoms with Gasteiger partial charge in [-0.05, 0) is 30.3 Å². The minimum Gasteiger partial charge on any atom is -0.478 e. The highest BCUT2D eigenvalue weighted by molar-refractivity contribution is 6.09. The van der Waals surface area contributed by atoms with Gasteiger partial charge in [-0.3, -0.25) is 0 Å². The van der Waals surface area contributed by atoms with Crippen LogP contribution in [0.15, 0.2) is 66.7 Å². The Balaban J connectivity index is 2.10. The summed E-state index contributed by atoms with van der Waals surface area (Å²) in [5.41, 5.74) is 9.65. The molecule has 0 saturated heterocycles. The van der Waals surface area contributed by atoms with Crippen molar-refractivity contribution in [2.24, 2.45) is 0 Å². The van der Waals surface area contributed by atoms with Crippen molar-refractivity contribution in [3.8, 4) is 5.69 Å². The Bertz CT molecular complexity index is 1010. The molecule has 4 aromatic rings. The van der Waals surface area contributed by atoms with E-state index in [0.29, 0.717) is 5.69 Å². The summed E-state index contributed by atoms with van der Waals surface area (Å²) in [7, 11) is 0. The molecule has 0 radical (unpaired) electrons. The first-order chi connectivity index (χ1) is 11.2. The molecule has 0 spiro atoms. The lowest BCUT2D eigenvalue weighted by atomic mass is 10.1. The van der Waals surface area contributed by atoms with E-state index in [4.69, 9.17) is 10.8 Å². The van der Waals surface area contributed by atoms with E-state index in [1.165, 1.54) is 6.07 Å². The first-order valence-electron chi connectivity index (χ1n) is 7.28. The summed E-state index contributed by atoms with van der Waals surface area (Å²) in [5.74, 6) is -0.981. The fraction of sp³-hybridized carbons (Fsp3) is 0. The molecule has 0 unspecified atom stereocenters. The second-order valence-corrected chi connectivity index (χ2v) is 5.45. The molecule has 4 heteroatoms. The summed E-state index contributed by atoms with van der Waals surface area (Å²) < 4.78 is 2.08. The van der Waals surface area contributed by atoms with Gasteiger partial charge in [0.2, 0.25) is 0 Å². The predicted octanol–water partition coefficient (Wildman–Crippen LogP) is 4.06. The lowest BCUT2D eigenvalue weighted by molar-refractivity contribution is 0.0697. The Morgan fingerprint density at radius 1 is 0.870 bits per heavy atom. The number of fused-ring (bicyclic) bond motifs is 3. The van der Waals surface area contributed by atoms with Crippen molar-refractivity contribution < 1.29 is 9.90 Å². The molecule has 23 heavy (non-hydrogen) atoms. The van der Waals surface area contributed by atoms with Crippen LogP contribution in [0.2, 0.25) is 0 Å². The number of nitrogens with zero attached hydrogens (tertiary/aromatic N) is 1. The van der Waals surface area contributed by atoms with Crippen molar-refractivity contribution in [1.29, 1.82) is 0 Å². The van der Waals surface area contributed by atoms with E-state index in [9.17, 15) is 4.79 Å². The Labute approximate surface area is 132 Å². The van der Waals surface area contributed by atoms with Gasteiger partial charge in [-0.2, -0.15) is 0 Å².